The van der Waals surface area contributed by atoms with Crippen LogP contribution in [0.15, 0.2) is 42.7 Å². The molecule has 1 aromatic heterocycles. The van der Waals surface area contributed by atoms with Crippen LogP contribution in [0.1, 0.15) is 11.1 Å². The third-order valence-corrected chi connectivity index (χ3v) is 2.97. The molecule has 94 valence electrons. The lowest BCUT2D eigenvalue weighted by Crippen LogP contribution is -2.26. The molecule has 0 saturated carbocycles. The fraction of sp³-hybridized carbons (Fsp3) is 0.214. The molecule has 0 spiro atoms. The molecule has 0 saturated heterocycles. The number of pyridine rings is 1. The number of nitrogens with zero attached hydrogens (tertiary/aromatic N) is 1. The third kappa shape index (κ3) is 3.52. The van der Waals surface area contributed by atoms with Gasteiger partial charge in [-0.2, -0.15) is 0 Å². The van der Waals surface area contributed by atoms with E-state index in [1.807, 2.05) is 12.1 Å². The Bertz CT molecular complexity index is 516. The van der Waals surface area contributed by atoms with Gasteiger partial charge in [0.25, 0.3) is 0 Å². The fourth-order valence-electron chi connectivity index (χ4n) is 1.88. The lowest BCUT2D eigenvalue weighted by Gasteiger charge is -2.12. The molecule has 1 heterocycles. The van der Waals surface area contributed by atoms with Crippen LogP contribution in [0.2, 0.25) is 5.02 Å². The van der Waals surface area contributed by atoms with Gasteiger partial charge in [0, 0.05) is 23.5 Å². The van der Waals surface area contributed by atoms with E-state index in [-0.39, 0.29) is 11.9 Å². The van der Waals surface area contributed by atoms with Crippen LogP contribution in [-0.2, 0) is 12.8 Å². The second-order valence-electron chi connectivity index (χ2n) is 4.26. The predicted molar refractivity (Wildman–Crippen MR) is 71.0 cm³/mol. The molecule has 0 aliphatic carbocycles. The molecule has 0 amide bonds. The number of hydrogen-bond donors (Lipinski definition) is 1. The van der Waals surface area contributed by atoms with Crippen LogP contribution >= 0.6 is 11.6 Å². The quantitative estimate of drug-likeness (QED) is 0.922. The molecule has 4 heteroatoms. The van der Waals surface area contributed by atoms with Crippen LogP contribution in [0, 0.1) is 5.82 Å². The van der Waals surface area contributed by atoms with Crippen molar-refractivity contribution in [3.63, 3.8) is 0 Å². The Morgan fingerprint density at radius 2 is 1.89 bits per heavy atom. The minimum atomic E-state index is -0.260. The van der Waals surface area contributed by atoms with Crippen molar-refractivity contribution in [3.8, 4) is 0 Å². The zero-order chi connectivity index (χ0) is 13.0. The molecule has 2 nitrogen and oxygen atoms in total. The van der Waals surface area contributed by atoms with Gasteiger partial charge in [0.05, 0.1) is 0 Å². The molecular weight excluding hydrogens is 251 g/mol. The zero-order valence-electron chi connectivity index (χ0n) is 9.81. The zero-order valence-corrected chi connectivity index (χ0v) is 10.6. The average Bonchev–Trinajstić information content (AvgIpc) is 2.35. The lowest BCUT2D eigenvalue weighted by molar-refractivity contribution is 0.584. The monoisotopic (exact) mass is 264 g/mol. The summed E-state index contributed by atoms with van der Waals surface area (Å²) >= 11 is 5.84. The maximum Gasteiger partial charge on any atom is 0.126 e. The Labute approximate surface area is 111 Å². The van der Waals surface area contributed by atoms with Crippen molar-refractivity contribution >= 4 is 11.6 Å². The number of rotatable bonds is 4. The van der Waals surface area contributed by atoms with Crippen LogP contribution in [0.5, 0.6) is 0 Å². The highest BCUT2D eigenvalue weighted by Gasteiger charge is 2.09. The second kappa shape index (κ2) is 5.94. The van der Waals surface area contributed by atoms with Crippen molar-refractivity contribution in [1.29, 1.82) is 0 Å². The van der Waals surface area contributed by atoms with Gasteiger partial charge in [-0.15, -0.1) is 0 Å². The highest BCUT2D eigenvalue weighted by Crippen LogP contribution is 2.17. The van der Waals surface area contributed by atoms with Crippen LogP contribution in [0.25, 0.3) is 0 Å². The van der Waals surface area contributed by atoms with E-state index in [4.69, 9.17) is 17.3 Å². The minimum Gasteiger partial charge on any atom is -0.327 e. The van der Waals surface area contributed by atoms with Crippen LogP contribution < -0.4 is 5.73 Å². The number of nitrogens with two attached hydrogens (primary N) is 1. The fourth-order valence-corrected chi connectivity index (χ4v) is 2.07. The molecule has 18 heavy (non-hydrogen) atoms. The molecule has 0 aliphatic rings. The minimum absolute atomic E-state index is 0.139. The van der Waals surface area contributed by atoms with E-state index in [0.717, 1.165) is 5.56 Å². The molecule has 0 fully saturated rings. The summed E-state index contributed by atoms with van der Waals surface area (Å²) in [7, 11) is 0. The Morgan fingerprint density at radius 1 is 1.17 bits per heavy atom. The molecule has 0 aliphatic heterocycles. The van der Waals surface area contributed by atoms with Gasteiger partial charge in [-0.1, -0.05) is 11.6 Å². The van der Waals surface area contributed by atoms with E-state index in [1.54, 1.807) is 18.5 Å². The molecule has 0 bridgehead atoms. The van der Waals surface area contributed by atoms with Crippen molar-refractivity contribution in [2.45, 2.75) is 18.9 Å². The number of aromatic nitrogens is 1. The summed E-state index contributed by atoms with van der Waals surface area (Å²) in [6.07, 6.45) is 4.60. The predicted octanol–water partition coefficient (Wildman–Crippen LogP) is 2.99. The van der Waals surface area contributed by atoms with E-state index in [1.165, 1.54) is 12.1 Å². The maximum atomic E-state index is 13.5. The van der Waals surface area contributed by atoms with Gasteiger partial charge in [-0.25, -0.2) is 4.39 Å². The van der Waals surface area contributed by atoms with Gasteiger partial charge < -0.3 is 5.73 Å². The molecule has 2 rings (SSSR count). The number of halogens is 2. The van der Waals surface area contributed by atoms with Gasteiger partial charge in [0.1, 0.15) is 5.82 Å². The second-order valence-corrected chi connectivity index (χ2v) is 4.70. The lowest BCUT2D eigenvalue weighted by atomic mass is 10.00. The van der Waals surface area contributed by atoms with Crippen LogP contribution in [-0.4, -0.2) is 11.0 Å². The smallest absolute Gasteiger partial charge is 0.126 e. The molecule has 1 aromatic carbocycles. The number of hydrogen-bond acceptors (Lipinski definition) is 2. The summed E-state index contributed by atoms with van der Waals surface area (Å²) in [5.41, 5.74) is 7.68. The Balaban J connectivity index is 2.03. The summed E-state index contributed by atoms with van der Waals surface area (Å²) in [6, 6.07) is 8.22. The maximum absolute atomic E-state index is 13.5. The van der Waals surface area contributed by atoms with Crippen molar-refractivity contribution in [2.24, 2.45) is 5.73 Å². The van der Waals surface area contributed by atoms with Crippen molar-refractivity contribution < 1.29 is 4.39 Å². The molecular formula is C14H14ClFN2. The Morgan fingerprint density at radius 3 is 2.61 bits per heavy atom. The normalized spacial score (nSPS) is 12.4. The standard InChI is InChI=1S/C14H14ClFN2/c15-12-1-2-14(16)11(8-12)9-13(17)7-10-3-5-18-6-4-10/h1-6,8,13H,7,9,17H2. The summed E-state index contributed by atoms with van der Waals surface area (Å²) < 4.78 is 13.5. The SMILES string of the molecule is NC(Cc1ccncc1)Cc1cc(Cl)ccc1F. The van der Waals surface area contributed by atoms with Gasteiger partial charge in [0.15, 0.2) is 0 Å². The van der Waals surface area contributed by atoms with Gasteiger partial charge >= 0.3 is 0 Å². The first-order chi connectivity index (χ1) is 8.65. The van der Waals surface area contributed by atoms with E-state index in [9.17, 15) is 4.39 Å². The highest BCUT2D eigenvalue weighted by molar-refractivity contribution is 6.30. The first kappa shape index (κ1) is 13.0. The molecule has 1 atom stereocenters. The van der Waals surface area contributed by atoms with E-state index in [0.29, 0.717) is 23.4 Å². The van der Waals surface area contributed by atoms with E-state index in [2.05, 4.69) is 4.98 Å². The molecule has 2 N–H and O–H groups in total. The summed E-state index contributed by atoms with van der Waals surface area (Å²) in [5, 5.41) is 0.530. The summed E-state index contributed by atoms with van der Waals surface area (Å²) in [5.74, 6) is -0.260. The van der Waals surface area contributed by atoms with Gasteiger partial charge in [-0.05, 0) is 54.3 Å². The topological polar surface area (TPSA) is 38.9 Å². The van der Waals surface area contributed by atoms with E-state index >= 15 is 0 Å². The van der Waals surface area contributed by atoms with Crippen molar-refractivity contribution in [2.75, 3.05) is 0 Å². The third-order valence-electron chi connectivity index (χ3n) is 2.74. The average molecular weight is 265 g/mol. The molecule has 0 radical (unpaired) electrons. The van der Waals surface area contributed by atoms with Crippen LogP contribution in [0.4, 0.5) is 4.39 Å². The highest BCUT2D eigenvalue weighted by atomic mass is 35.5. The van der Waals surface area contributed by atoms with Crippen molar-refractivity contribution in [1.82, 2.24) is 4.98 Å². The van der Waals surface area contributed by atoms with Crippen LogP contribution in [0.3, 0.4) is 0 Å². The number of benzene rings is 1. The Kier molecular flexibility index (Phi) is 4.28. The largest absolute Gasteiger partial charge is 0.327 e. The first-order valence-electron chi connectivity index (χ1n) is 5.73. The van der Waals surface area contributed by atoms with E-state index < -0.39 is 0 Å². The summed E-state index contributed by atoms with van der Waals surface area (Å²) in [4.78, 5) is 3.94. The Hall–Kier alpha value is -1.45. The summed E-state index contributed by atoms with van der Waals surface area (Å²) in [6.45, 7) is 0. The molecule has 1 unspecified atom stereocenters. The molecule has 2 aromatic rings. The van der Waals surface area contributed by atoms with Gasteiger partial charge in [-0.3, -0.25) is 4.98 Å². The van der Waals surface area contributed by atoms with Gasteiger partial charge in [0.2, 0.25) is 0 Å². The van der Waals surface area contributed by atoms with Crippen molar-refractivity contribution in [3.05, 3.63) is 64.7 Å². The first-order valence-corrected chi connectivity index (χ1v) is 6.11.